The molecule has 0 spiro atoms. The Morgan fingerprint density at radius 2 is 2.03 bits per heavy atom. The van der Waals surface area contributed by atoms with Crippen molar-refractivity contribution in [3.8, 4) is 10.4 Å². The molecule has 1 aromatic carbocycles. The predicted molar refractivity (Wildman–Crippen MR) is 114 cm³/mol. The van der Waals surface area contributed by atoms with Crippen LogP contribution in [0.25, 0.3) is 10.4 Å². The highest BCUT2D eigenvalue weighted by Crippen LogP contribution is 2.29. The van der Waals surface area contributed by atoms with Crippen LogP contribution >= 0.6 is 11.3 Å². The van der Waals surface area contributed by atoms with Gasteiger partial charge in [-0.05, 0) is 43.9 Å². The number of halogens is 2. The molecule has 0 radical (unpaired) electrons. The van der Waals surface area contributed by atoms with Gasteiger partial charge in [0.05, 0.1) is 18.0 Å². The molecule has 1 atom stereocenters. The van der Waals surface area contributed by atoms with Gasteiger partial charge in [0, 0.05) is 21.9 Å². The van der Waals surface area contributed by atoms with Gasteiger partial charge in [0.1, 0.15) is 17.3 Å². The molecule has 0 saturated heterocycles. The molecule has 0 amide bonds. The van der Waals surface area contributed by atoms with Crippen LogP contribution in [0.3, 0.4) is 0 Å². The largest absolute Gasteiger partial charge is 0.346 e. The standard InChI is InChI=1S/C19H21F2N5O2S2/c1-24(2)30(28)16-5-3-4-13(8-16)17-7-6-15(29-17)11-25-12-23-26(19(25)27)10-14(9-22)18(20)21/h3-8,12H,9-11,22H2,1-2H3. The van der Waals surface area contributed by atoms with Crippen molar-refractivity contribution in [1.29, 1.82) is 0 Å². The summed E-state index contributed by atoms with van der Waals surface area (Å²) >= 11 is 1.49. The number of benzene rings is 1. The van der Waals surface area contributed by atoms with Crippen LogP contribution < -0.4 is 11.4 Å². The summed E-state index contributed by atoms with van der Waals surface area (Å²) < 4.78 is 41.8. The van der Waals surface area contributed by atoms with Gasteiger partial charge in [-0.25, -0.2) is 18.0 Å². The molecule has 7 nitrogen and oxygen atoms in total. The van der Waals surface area contributed by atoms with E-state index in [0.717, 1.165) is 20.0 Å². The van der Waals surface area contributed by atoms with E-state index >= 15 is 0 Å². The SMILES string of the molecule is CN(C)S(=O)c1cccc(-c2ccc(Cn3cnn(CC(CN)=C(F)F)c3=O)s2)c1. The zero-order valence-corrected chi connectivity index (χ0v) is 18.1. The maximum atomic E-state index is 12.8. The zero-order valence-electron chi connectivity index (χ0n) is 16.4. The van der Waals surface area contributed by atoms with Gasteiger partial charge in [0.15, 0.2) is 0 Å². The van der Waals surface area contributed by atoms with Crippen LogP contribution in [0.2, 0.25) is 0 Å². The van der Waals surface area contributed by atoms with Crippen LogP contribution in [0.5, 0.6) is 0 Å². The smallest absolute Gasteiger partial charge is 0.327 e. The van der Waals surface area contributed by atoms with Crippen LogP contribution in [0.4, 0.5) is 8.78 Å². The van der Waals surface area contributed by atoms with Crippen molar-refractivity contribution < 1.29 is 13.0 Å². The molecule has 0 bridgehead atoms. The fourth-order valence-corrected chi connectivity index (χ4v) is 4.57. The summed E-state index contributed by atoms with van der Waals surface area (Å²) in [6, 6.07) is 11.3. The Kier molecular flexibility index (Phi) is 7.08. The first-order chi connectivity index (χ1) is 14.3. The van der Waals surface area contributed by atoms with E-state index in [2.05, 4.69) is 5.10 Å². The predicted octanol–water partition coefficient (Wildman–Crippen LogP) is 2.52. The molecule has 11 heteroatoms. The molecule has 3 aromatic rings. The molecule has 0 fully saturated rings. The lowest BCUT2D eigenvalue weighted by Crippen LogP contribution is -2.27. The molecule has 30 heavy (non-hydrogen) atoms. The van der Waals surface area contributed by atoms with Crippen molar-refractivity contribution in [2.75, 3.05) is 20.6 Å². The number of nitrogens with zero attached hydrogens (tertiary/aromatic N) is 4. The summed E-state index contributed by atoms with van der Waals surface area (Å²) in [7, 11) is 2.26. The highest BCUT2D eigenvalue weighted by Gasteiger charge is 2.13. The molecular formula is C19H21F2N5O2S2. The molecule has 2 heterocycles. The van der Waals surface area contributed by atoms with E-state index < -0.39 is 22.8 Å². The summed E-state index contributed by atoms with van der Waals surface area (Å²) in [5, 5.41) is 3.90. The van der Waals surface area contributed by atoms with Crippen molar-refractivity contribution in [2.45, 2.75) is 18.0 Å². The van der Waals surface area contributed by atoms with E-state index in [1.165, 1.54) is 22.2 Å². The van der Waals surface area contributed by atoms with Crippen LogP contribution in [0.1, 0.15) is 4.88 Å². The van der Waals surface area contributed by atoms with E-state index in [1.54, 1.807) is 18.4 Å². The molecule has 0 saturated carbocycles. The second-order valence-electron chi connectivity index (χ2n) is 6.62. The monoisotopic (exact) mass is 453 g/mol. The number of nitrogens with two attached hydrogens (primary N) is 1. The first-order valence-corrected chi connectivity index (χ1v) is 10.9. The lowest BCUT2D eigenvalue weighted by atomic mass is 10.2. The Hall–Kier alpha value is -2.47. The fraction of sp³-hybridized carbons (Fsp3) is 0.263. The molecule has 0 aliphatic rings. The number of hydrogen-bond donors (Lipinski definition) is 1. The van der Waals surface area contributed by atoms with Gasteiger partial charge in [-0.2, -0.15) is 13.9 Å². The van der Waals surface area contributed by atoms with Gasteiger partial charge in [-0.1, -0.05) is 12.1 Å². The van der Waals surface area contributed by atoms with Gasteiger partial charge in [-0.15, -0.1) is 11.3 Å². The van der Waals surface area contributed by atoms with Gasteiger partial charge in [0.2, 0.25) is 0 Å². The maximum Gasteiger partial charge on any atom is 0.346 e. The van der Waals surface area contributed by atoms with Crippen LogP contribution in [0.15, 0.2) is 64.1 Å². The van der Waals surface area contributed by atoms with Crippen molar-refractivity contribution in [3.63, 3.8) is 0 Å². The van der Waals surface area contributed by atoms with E-state index in [0.29, 0.717) is 4.90 Å². The topological polar surface area (TPSA) is 86.2 Å². The van der Waals surface area contributed by atoms with Gasteiger partial charge in [0.25, 0.3) is 6.08 Å². The number of thiophene rings is 1. The number of hydrogen-bond acceptors (Lipinski definition) is 5. The number of rotatable bonds is 8. The molecule has 2 N–H and O–H groups in total. The fourth-order valence-electron chi connectivity index (χ4n) is 2.73. The quantitative estimate of drug-likeness (QED) is 0.568. The van der Waals surface area contributed by atoms with E-state index in [-0.39, 0.29) is 25.2 Å². The van der Waals surface area contributed by atoms with Gasteiger partial charge < -0.3 is 5.73 Å². The highest BCUT2D eigenvalue weighted by molar-refractivity contribution is 7.82. The first-order valence-electron chi connectivity index (χ1n) is 8.94. The van der Waals surface area contributed by atoms with Crippen molar-refractivity contribution >= 4 is 22.3 Å². The normalized spacial score (nSPS) is 12.3. The molecule has 3 rings (SSSR count). The minimum atomic E-state index is -1.89. The van der Waals surface area contributed by atoms with Crippen LogP contribution in [-0.4, -0.2) is 43.5 Å². The van der Waals surface area contributed by atoms with Crippen molar-refractivity contribution in [2.24, 2.45) is 5.73 Å². The minimum Gasteiger partial charge on any atom is -0.327 e. The summed E-state index contributed by atoms with van der Waals surface area (Å²) in [4.78, 5) is 15.0. The molecule has 0 aliphatic carbocycles. The Morgan fingerprint density at radius 3 is 2.70 bits per heavy atom. The summed E-state index contributed by atoms with van der Waals surface area (Å²) in [6.45, 7) is -0.406. The third-order valence-electron chi connectivity index (χ3n) is 4.29. The first kappa shape index (κ1) is 22.2. The molecule has 0 aliphatic heterocycles. The Balaban J connectivity index is 1.79. The molecular weight excluding hydrogens is 432 g/mol. The van der Waals surface area contributed by atoms with E-state index in [1.807, 2.05) is 36.4 Å². The maximum absolute atomic E-state index is 12.8. The summed E-state index contributed by atoms with van der Waals surface area (Å²) in [5.74, 6) is 0. The summed E-state index contributed by atoms with van der Waals surface area (Å²) in [5.41, 5.74) is 5.42. The van der Waals surface area contributed by atoms with E-state index in [9.17, 15) is 17.8 Å². The van der Waals surface area contributed by atoms with Crippen LogP contribution in [-0.2, 0) is 24.1 Å². The number of aromatic nitrogens is 3. The second kappa shape index (κ2) is 9.56. The van der Waals surface area contributed by atoms with Crippen molar-refractivity contribution in [3.05, 3.63) is 69.7 Å². The molecule has 1 unspecified atom stereocenters. The lowest BCUT2D eigenvalue weighted by Gasteiger charge is -2.09. The lowest BCUT2D eigenvalue weighted by molar-refractivity contribution is 0.400. The van der Waals surface area contributed by atoms with Gasteiger partial charge >= 0.3 is 5.69 Å². The zero-order chi connectivity index (χ0) is 21.8. The van der Waals surface area contributed by atoms with Crippen molar-refractivity contribution in [1.82, 2.24) is 18.7 Å². The Morgan fingerprint density at radius 1 is 1.27 bits per heavy atom. The Labute approximate surface area is 178 Å². The average molecular weight is 454 g/mol. The van der Waals surface area contributed by atoms with Crippen LogP contribution in [0, 0.1) is 0 Å². The van der Waals surface area contributed by atoms with Gasteiger partial charge in [-0.3, -0.25) is 4.57 Å². The minimum absolute atomic E-state index is 0.270. The third kappa shape index (κ3) is 4.98. The molecule has 160 valence electrons. The summed E-state index contributed by atoms with van der Waals surface area (Å²) in [6.07, 6.45) is -0.563. The van der Waals surface area contributed by atoms with E-state index in [4.69, 9.17) is 5.73 Å². The third-order valence-corrected chi connectivity index (χ3v) is 6.73. The average Bonchev–Trinajstić information content (AvgIpc) is 3.33. The molecule has 2 aromatic heterocycles. The highest BCUT2D eigenvalue weighted by atomic mass is 32.2. The Bertz CT molecular complexity index is 1150. The second-order valence-corrected chi connectivity index (χ2v) is 9.49.